The quantitative estimate of drug-likeness (QED) is 0.665. The van der Waals surface area contributed by atoms with Crippen LogP contribution in [0.25, 0.3) is 11.1 Å². The first-order valence-electron chi connectivity index (χ1n) is 11.4. The molecule has 2 heterocycles. The molecule has 10 heteroatoms. The van der Waals surface area contributed by atoms with Crippen LogP contribution in [-0.2, 0) is 14.3 Å². The van der Waals surface area contributed by atoms with Crippen molar-refractivity contribution in [1.29, 1.82) is 0 Å². The smallest absolute Gasteiger partial charge is 0.417 e. The van der Waals surface area contributed by atoms with Crippen molar-refractivity contribution < 1.29 is 37.4 Å². The number of halogens is 3. The van der Waals surface area contributed by atoms with Gasteiger partial charge in [-0.1, -0.05) is 48.5 Å². The SMILES string of the molecule is O=C(NC(C(=O)N1[C@H]2CC[C@@H]1[C@H](C(=O)O)C2)C(F)(F)F)OCC1c2ccccc2-c2ccccc21. The van der Waals surface area contributed by atoms with E-state index in [0.717, 1.165) is 27.2 Å². The van der Waals surface area contributed by atoms with E-state index in [1.165, 1.54) is 0 Å². The summed E-state index contributed by atoms with van der Waals surface area (Å²) in [5.41, 5.74) is 3.74. The molecule has 4 atom stereocenters. The number of carbonyl (C=O) groups is 3. The molecule has 2 aromatic carbocycles. The van der Waals surface area contributed by atoms with Gasteiger partial charge in [0.15, 0.2) is 0 Å². The largest absolute Gasteiger partial charge is 0.481 e. The van der Waals surface area contributed by atoms with Crippen molar-refractivity contribution >= 4 is 18.0 Å². The number of rotatable bonds is 5. The highest BCUT2D eigenvalue weighted by atomic mass is 19.4. The Morgan fingerprint density at radius 2 is 1.63 bits per heavy atom. The van der Waals surface area contributed by atoms with Crippen molar-refractivity contribution in [1.82, 2.24) is 10.2 Å². The highest BCUT2D eigenvalue weighted by Crippen LogP contribution is 2.45. The molecule has 3 aliphatic rings. The van der Waals surface area contributed by atoms with Crippen LogP contribution in [0.1, 0.15) is 36.3 Å². The molecule has 2 aliphatic heterocycles. The summed E-state index contributed by atoms with van der Waals surface area (Å²) in [4.78, 5) is 37.8. The predicted molar refractivity (Wildman–Crippen MR) is 117 cm³/mol. The van der Waals surface area contributed by atoms with Crippen LogP contribution >= 0.6 is 0 Å². The zero-order valence-electron chi connectivity index (χ0n) is 18.5. The number of nitrogens with zero attached hydrogens (tertiary/aromatic N) is 1. The van der Waals surface area contributed by atoms with Gasteiger partial charge in [0.05, 0.1) is 5.92 Å². The second-order valence-electron chi connectivity index (χ2n) is 9.17. The lowest BCUT2D eigenvalue weighted by Crippen LogP contribution is -2.57. The number of hydrogen-bond acceptors (Lipinski definition) is 4. The Bertz CT molecular complexity index is 1140. The number of aliphatic carboxylic acids is 1. The van der Waals surface area contributed by atoms with Gasteiger partial charge in [-0.25, -0.2) is 4.79 Å². The van der Waals surface area contributed by atoms with Crippen LogP contribution in [0.4, 0.5) is 18.0 Å². The average Bonchev–Trinajstić information content (AvgIpc) is 3.50. The Balaban J connectivity index is 1.29. The maximum absolute atomic E-state index is 13.8. The lowest BCUT2D eigenvalue weighted by atomic mass is 9.89. The first-order chi connectivity index (χ1) is 16.7. The highest BCUT2D eigenvalue weighted by Gasteiger charge is 2.57. The normalized spacial score (nSPS) is 23.5. The third-order valence-electron chi connectivity index (χ3n) is 7.29. The summed E-state index contributed by atoms with van der Waals surface area (Å²) in [6.07, 6.45) is -5.55. The summed E-state index contributed by atoms with van der Waals surface area (Å²) in [5.74, 6) is -3.73. The first-order valence-corrected chi connectivity index (χ1v) is 11.4. The van der Waals surface area contributed by atoms with E-state index in [9.17, 15) is 32.7 Å². The average molecular weight is 488 g/mol. The molecule has 2 aromatic rings. The molecule has 7 nitrogen and oxygen atoms in total. The number of benzene rings is 2. The molecule has 1 aliphatic carbocycles. The van der Waals surface area contributed by atoms with Gasteiger partial charge in [-0.2, -0.15) is 13.2 Å². The molecule has 35 heavy (non-hydrogen) atoms. The number of carbonyl (C=O) groups excluding carboxylic acids is 2. The lowest BCUT2D eigenvalue weighted by molar-refractivity contribution is -0.175. The minimum absolute atomic E-state index is 0.112. The highest BCUT2D eigenvalue weighted by molar-refractivity contribution is 5.88. The predicted octanol–water partition coefficient (Wildman–Crippen LogP) is 3.92. The van der Waals surface area contributed by atoms with Crippen LogP contribution in [0.15, 0.2) is 48.5 Å². The molecular weight excluding hydrogens is 465 g/mol. The van der Waals surface area contributed by atoms with E-state index in [-0.39, 0.29) is 18.9 Å². The lowest BCUT2D eigenvalue weighted by Gasteiger charge is -2.29. The standard InChI is InChI=1S/C25H23F3N2O5/c26-25(27,28)21(22(31)30-13-9-10-20(30)18(11-13)23(32)33)29-24(34)35-12-19-16-7-3-1-5-14(16)15-6-2-4-8-17(15)19/h1-8,13,18-21H,9-12H2,(H,29,34)(H,32,33)/t13-,18+,20+,21?/m0/s1. The van der Waals surface area contributed by atoms with Crippen LogP contribution in [-0.4, -0.2) is 58.9 Å². The minimum Gasteiger partial charge on any atom is -0.481 e. The number of alkyl halides is 3. The Morgan fingerprint density at radius 1 is 1.03 bits per heavy atom. The summed E-state index contributed by atoms with van der Waals surface area (Å²) in [6, 6.07) is 10.9. The molecule has 2 N–H and O–H groups in total. The van der Waals surface area contributed by atoms with Crippen molar-refractivity contribution in [3.63, 3.8) is 0 Å². The van der Waals surface area contributed by atoms with E-state index >= 15 is 0 Å². The van der Waals surface area contributed by atoms with Crippen LogP contribution in [0.2, 0.25) is 0 Å². The number of amides is 2. The summed E-state index contributed by atoms with van der Waals surface area (Å²) in [7, 11) is 0. The van der Waals surface area contributed by atoms with Crippen LogP contribution in [0.3, 0.4) is 0 Å². The molecule has 2 fully saturated rings. The molecule has 0 radical (unpaired) electrons. The van der Waals surface area contributed by atoms with Gasteiger partial charge in [0, 0.05) is 18.0 Å². The number of hydrogen-bond donors (Lipinski definition) is 2. The topological polar surface area (TPSA) is 95.9 Å². The zero-order chi connectivity index (χ0) is 24.9. The Morgan fingerprint density at radius 3 is 2.17 bits per heavy atom. The van der Waals surface area contributed by atoms with Crippen molar-refractivity contribution in [2.24, 2.45) is 5.92 Å². The Hall–Kier alpha value is -3.56. The van der Waals surface area contributed by atoms with Gasteiger partial charge in [-0.3, -0.25) is 9.59 Å². The minimum atomic E-state index is -5.07. The molecule has 2 bridgehead atoms. The summed E-state index contributed by atoms with van der Waals surface area (Å²) in [5, 5.41) is 11.0. The maximum Gasteiger partial charge on any atom is 0.417 e. The van der Waals surface area contributed by atoms with Crippen LogP contribution < -0.4 is 5.32 Å². The summed E-state index contributed by atoms with van der Waals surface area (Å²) < 4.78 is 46.6. The van der Waals surface area contributed by atoms with E-state index in [0.29, 0.717) is 12.8 Å². The van der Waals surface area contributed by atoms with Crippen molar-refractivity contribution in [2.75, 3.05) is 6.61 Å². The van der Waals surface area contributed by atoms with Gasteiger partial charge >= 0.3 is 18.2 Å². The van der Waals surface area contributed by atoms with E-state index in [4.69, 9.17) is 4.74 Å². The molecule has 184 valence electrons. The molecule has 2 amide bonds. The summed E-state index contributed by atoms with van der Waals surface area (Å²) >= 11 is 0. The van der Waals surface area contributed by atoms with Gasteiger partial charge in [-0.05, 0) is 41.5 Å². The number of fused-ring (bicyclic) bond motifs is 5. The molecule has 1 unspecified atom stereocenters. The van der Waals surface area contributed by atoms with E-state index in [2.05, 4.69) is 0 Å². The van der Waals surface area contributed by atoms with Crippen molar-refractivity contribution in [3.8, 4) is 11.1 Å². The fraction of sp³-hybridized carbons (Fsp3) is 0.400. The third-order valence-corrected chi connectivity index (χ3v) is 7.29. The molecular formula is C25H23F3N2O5. The first kappa shape index (κ1) is 23.2. The Labute approximate surface area is 198 Å². The van der Waals surface area contributed by atoms with Gasteiger partial charge in [0.1, 0.15) is 6.61 Å². The molecule has 5 rings (SSSR count). The number of nitrogens with one attached hydrogen (secondary N) is 1. The van der Waals surface area contributed by atoms with Crippen LogP contribution in [0.5, 0.6) is 0 Å². The van der Waals surface area contributed by atoms with Gasteiger partial charge in [0.2, 0.25) is 6.04 Å². The monoisotopic (exact) mass is 488 g/mol. The molecule has 2 saturated heterocycles. The molecule has 0 aromatic heterocycles. The number of alkyl carbamates (subject to hydrolysis) is 1. The number of ether oxygens (including phenoxy) is 1. The van der Waals surface area contributed by atoms with Gasteiger partial charge in [0.25, 0.3) is 5.91 Å². The second-order valence-corrected chi connectivity index (χ2v) is 9.17. The Kier molecular flexibility index (Phi) is 5.69. The summed E-state index contributed by atoms with van der Waals surface area (Å²) in [6.45, 7) is -0.200. The zero-order valence-corrected chi connectivity index (χ0v) is 18.5. The fourth-order valence-corrected chi connectivity index (χ4v) is 5.79. The number of carboxylic acids is 1. The third kappa shape index (κ3) is 4.00. The van der Waals surface area contributed by atoms with Gasteiger partial charge in [-0.15, -0.1) is 0 Å². The van der Waals surface area contributed by atoms with Gasteiger partial charge < -0.3 is 20.1 Å². The van der Waals surface area contributed by atoms with Crippen molar-refractivity contribution in [2.45, 2.75) is 49.5 Å². The van der Waals surface area contributed by atoms with Crippen LogP contribution in [0, 0.1) is 5.92 Å². The second kappa shape index (κ2) is 8.58. The number of carboxylic acid groups (broad SMARTS) is 1. The molecule has 0 spiro atoms. The van der Waals surface area contributed by atoms with E-state index < -0.39 is 48.2 Å². The van der Waals surface area contributed by atoms with E-state index in [1.807, 2.05) is 48.5 Å². The fourth-order valence-electron chi connectivity index (χ4n) is 5.79. The van der Waals surface area contributed by atoms with Crippen molar-refractivity contribution in [3.05, 3.63) is 59.7 Å². The van der Waals surface area contributed by atoms with E-state index in [1.54, 1.807) is 5.32 Å². The molecule has 0 saturated carbocycles. The maximum atomic E-state index is 13.8.